The van der Waals surface area contributed by atoms with Crippen LogP contribution in [-0.2, 0) is 0 Å². The highest BCUT2D eigenvalue weighted by Crippen LogP contribution is 2.43. The van der Waals surface area contributed by atoms with Gasteiger partial charge in [0.25, 0.3) is 0 Å². The number of rotatable bonds is 8. The molecule has 0 nitrogen and oxygen atoms in total. The zero-order valence-corrected chi connectivity index (χ0v) is 14.9. The summed E-state index contributed by atoms with van der Waals surface area (Å²) in [6, 6.07) is 0. The highest BCUT2D eigenvalue weighted by Gasteiger charge is 2.30. The Labute approximate surface area is 134 Å². The van der Waals surface area contributed by atoms with Gasteiger partial charge in [0, 0.05) is 0 Å². The smallest absolute Gasteiger partial charge is 0.0386 e. The van der Waals surface area contributed by atoms with Crippen LogP contribution in [0.1, 0.15) is 110 Å². The van der Waals surface area contributed by atoms with Crippen molar-refractivity contribution >= 4 is 0 Å². The Bertz CT molecular complexity index is 241. The summed E-state index contributed by atoms with van der Waals surface area (Å²) in [4.78, 5) is 0. The van der Waals surface area contributed by atoms with Crippen LogP contribution in [0.15, 0.2) is 0 Å². The van der Waals surface area contributed by atoms with E-state index in [-0.39, 0.29) is 0 Å². The van der Waals surface area contributed by atoms with Crippen LogP contribution in [0.5, 0.6) is 0 Å². The summed E-state index contributed by atoms with van der Waals surface area (Å²) in [5, 5.41) is 0. The molecule has 2 aliphatic rings. The normalized spacial score (nSPS) is 34.0. The Morgan fingerprint density at radius 3 is 1.52 bits per heavy atom. The zero-order chi connectivity index (χ0) is 14.9. The number of unbranched alkanes of at least 4 members (excludes halogenated alkanes) is 3. The molecule has 0 unspecified atom stereocenters. The van der Waals surface area contributed by atoms with Gasteiger partial charge in [-0.1, -0.05) is 84.5 Å². The lowest BCUT2D eigenvalue weighted by Crippen LogP contribution is -2.25. The van der Waals surface area contributed by atoms with Gasteiger partial charge >= 0.3 is 0 Å². The van der Waals surface area contributed by atoms with Crippen molar-refractivity contribution in [3.8, 4) is 0 Å². The molecule has 0 spiro atoms. The molecule has 2 rings (SSSR count). The van der Waals surface area contributed by atoms with Crippen LogP contribution >= 0.6 is 0 Å². The maximum Gasteiger partial charge on any atom is -0.0386 e. The molecule has 0 aromatic carbocycles. The van der Waals surface area contributed by atoms with E-state index in [1.807, 2.05) is 0 Å². The van der Waals surface area contributed by atoms with E-state index in [9.17, 15) is 0 Å². The van der Waals surface area contributed by atoms with E-state index >= 15 is 0 Å². The lowest BCUT2D eigenvalue weighted by atomic mass is 9.68. The Hall–Kier alpha value is 0. The maximum atomic E-state index is 2.36. The predicted octanol–water partition coefficient (Wildman–Crippen LogP) is 7.37. The van der Waals surface area contributed by atoms with Gasteiger partial charge in [-0.3, -0.25) is 0 Å². The third-order valence-electron chi connectivity index (χ3n) is 6.61. The minimum Gasteiger partial charge on any atom is -0.0654 e. The summed E-state index contributed by atoms with van der Waals surface area (Å²) in [5.41, 5.74) is 0. The van der Waals surface area contributed by atoms with Crippen LogP contribution < -0.4 is 0 Å². The highest BCUT2D eigenvalue weighted by molar-refractivity contribution is 4.82. The molecule has 0 heterocycles. The fourth-order valence-electron chi connectivity index (χ4n) is 5.16. The van der Waals surface area contributed by atoms with E-state index in [0.717, 1.165) is 23.7 Å². The fourth-order valence-corrected chi connectivity index (χ4v) is 5.16. The van der Waals surface area contributed by atoms with E-state index in [1.54, 1.807) is 51.4 Å². The van der Waals surface area contributed by atoms with E-state index < -0.39 is 0 Å². The van der Waals surface area contributed by atoms with Crippen LogP contribution in [-0.4, -0.2) is 0 Å². The van der Waals surface area contributed by atoms with E-state index in [4.69, 9.17) is 0 Å². The van der Waals surface area contributed by atoms with Crippen molar-refractivity contribution in [2.45, 2.75) is 110 Å². The van der Waals surface area contributed by atoms with Gasteiger partial charge in [-0.15, -0.1) is 0 Å². The van der Waals surface area contributed by atoms with Crippen molar-refractivity contribution in [3.05, 3.63) is 0 Å². The summed E-state index contributed by atoms with van der Waals surface area (Å²) >= 11 is 0. The largest absolute Gasteiger partial charge is 0.0654 e. The fraction of sp³-hybridized carbons (Fsp3) is 1.00. The summed E-state index contributed by atoms with van der Waals surface area (Å²) in [5.74, 6) is 4.40. The summed E-state index contributed by atoms with van der Waals surface area (Å²) in [6.45, 7) is 4.67. The molecular weight excluding hydrogens is 252 g/mol. The van der Waals surface area contributed by atoms with Crippen LogP contribution in [0.3, 0.4) is 0 Å². The molecule has 0 bridgehead atoms. The molecule has 0 aromatic rings. The molecule has 2 fully saturated rings. The summed E-state index contributed by atoms with van der Waals surface area (Å²) in [7, 11) is 0. The second-order valence-corrected chi connectivity index (χ2v) is 8.20. The summed E-state index contributed by atoms with van der Waals surface area (Å²) < 4.78 is 0. The Balaban J connectivity index is 1.59. The molecule has 0 saturated heterocycles. The lowest BCUT2D eigenvalue weighted by Gasteiger charge is -2.38. The third kappa shape index (κ3) is 5.95. The zero-order valence-electron chi connectivity index (χ0n) is 14.9. The van der Waals surface area contributed by atoms with Crippen molar-refractivity contribution in [1.29, 1.82) is 0 Å². The average Bonchev–Trinajstić information content (AvgIpc) is 2.53. The van der Waals surface area contributed by atoms with Gasteiger partial charge in [0.15, 0.2) is 0 Å². The molecule has 2 saturated carbocycles. The quantitative estimate of drug-likeness (QED) is 0.410. The number of hydrogen-bond acceptors (Lipinski definition) is 0. The minimum absolute atomic E-state index is 1.08. The van der Waals surface area contributed by atoms with Crippen LogP contribution in [0, 0.1) is 23.7 Å². The van der Waals surface area contributed by atoms with E-state index in [2.05, 4.69) is 13.8 Å². The van der Waals surface area contributed by atoms with Gasteiger partial charge in [0.05, 0.1) is 0 Å². The Morgan fingerprint density at radius 2 is 1.05 bits per heavy atom. The molecule has 0 radical (unpaired) electrons. The molecule has 124 valence electrons. The van der Waals surface area contributed by atoms with Crippen molar-refractivity contribution in [1.82, 2.24) is 0 Å². The Kier molecular flexibility index (Phi) is 8.19. The van der Waals surface area contributed by atoms with Gasteiger partial charge in [-0.05, 0) is 49.4 Å². The topological polar surface area (TPSA) is 0 Å². The van der Waals surface area contributed by atoms with Crippen molar-refractivity contribution in [2.24, 2.45) is 23.7 Å². The first-order chi connectivity index (χ1) is 10.3. The second kappa shape index (κ2) is 9.90. The van der Waals surface area contributed by atoms with Crippen molar-refractivity contribution < 1.29 is 0 Å². The molecule has 0 heteroatoms. The SMILES string of the molecule is CCCCCCC1CCC([C@H]2CC[C@H](CCC)CC2)CC1. The molecule has 0 aromatic heterocycles. The molecule has 21 heavy (non-hydrogen) atoms. The first-order valence-corrected chi connectivity index (χ1v) is 10.3. The van der Waals surface area contributed by atoms with Crippen LogP contribution in [0.25, 0.3) is 0 Å². The monoisotopic (exact) mass is 292 g/mol. The van der Waals surface area contributed by atoms with Crippen LogP contribution in [0.4, 0.5) is 0 Å². The maximum absolute atomic E-state index is 2.36. The minimum atomic E-state index is 1.08. The van der Waals surface area contributed by atoms with E-state index in [0.29, 0.717) is 0 Å². The molecule has 0 atom stereocenters. The van der Waals surface area contributed by atoms with Gasteiger partial charge in [-0.2, -0.15) is 0 Å². The highest BCUT2D eigenvalue weighted by atomic mass is 14.4. The second-order valence-electron chi connectivity index (χ2n) is 8.20. The van der Waals surface area contributed by atoms with Gasteiger partial charge < -0.3 is 0 Å². The molecule has 0 N–H and O–H groups in total. The van der Waals surface area contributed by atoms with E-state index in [1.165, 1.54) is 44.9 Å². The molecule has 0 aliphatic heterocycles. The molecule has 0 amide bonds. The molecule has 2 aliphatic carbocycles. The number of hydrogen-bond donors (Lipinski definition) is 0. The van der Waals surface area contributed by atoms with Crippen molar-refractivity contribution in [3.63, 3.8) is 0 Å². The standard InChI is InChI=1S/C21H40/c1-3-5-6-7-9-19-12-16-21(17-13-19)20-14-10-18(8-4-2)11-15-20/h18-21H,3-17H2,1-2H3/t18-,19?,20-,21?. The van der Waals surface area contributed by atoms with Crippen LogP contribution in [0.2, 0.25) is 0 Å². The Morgan fingerprint density at radius 1 is 0.524 bits per heavy atom. The lowest BCUT2D eigenvalue weighted by molar-refractivity contribution is 0.140. The van der Waals surface area contributed by atoms with Crippen molar-refractivity contribution in [2.75, 3.05) is 0 Å². The third-order valence-corrected chi connectivity index (χ3v) is 6.61. The van der Waals surface area contributed by atoms with Gasteiger partial charge in [0.1, 0.15) is 0 Å². The molecular formula is C21H40. The average molecular weight is 293 g/mol. The van der Waals surface area contributed by atoms with Gasteiger partial charge in [0.2, 0.25) is 0 Å². The first-order valence-electron chi connectivity index (χ1n) is 10.3. The first kappa shape index (κ1) is 17.4. The predicted molar refractivity (Wildman–Crippen MR) is 94.6 cm³/mol. The summed E-state index contributed by atoms with van der Waals surface area (Å²) in [6.07, 6.45) is 22.8. The van der Waals surface area contributed by atoms with Gasteiger partial charge in [-0.25, -0.2) is 0 Å².